The van der Waals surface area contributed by atoms with Crippen LogP contribution in [-0.2, 0) is 6.54 Å². The van der Waals surface area contributed by atoms with Crippen molar-refractivity contribution >= 4 is 45.5 Å². The maximum Gasteiger partial charge on any atom is 0.248 e. The molecule has 6 nitrogen and oxygen atoms in total. The third kappa shape index (κ3) is 4.46. The SMILES string of the molecule is N#Cc1cnc2ccc(NCc3cccc(C(N)=O)c3)cc2c1Nc1ccc(F)c(Cl)c1. The third-order valence-corrected chi connectivity index (χ3v) is 5.18. The van der Waals surface area contributed by atoms with Gasteiger partial charge in [-0.1, -0.05) is 23.7 Å². The van der Waals surface area contributed by atoms with Crippen molar-refractivity contribution in [2.75, 3.05) is 10.6 Å². The lowest BCUT2D eigenvalue weighted by Crippen LogP contribution is -2.11. The minimum absolute atomic E-state index is 0.0209. The van der Waals surface area contributed by atoms with Gasteiger partial charge >= 0.3 is 0 Å². The van der Waals surface area contributed by atoms with Crippen LogP contribution in [0.15, 0.2) is 66.9 Å². The standard InChI is InChI=1S/C24H17ClFN5O/c25-20-10-18(4-6-21(20)26)31-23-16(11-27)13-30-22-7-5-17(9-19(22)23)29-12-14-2-1-3-15(8-14)24(28)32/h1-10,13,29H,12H2,(H2,28,32)(H,30,31). The van der Waals surface area contributed by atoms with Crippen molar-refractivity contribution in [3.05, 3.63) is 94.4 Å². The highest BCUT2D eigenvalue weighted by atomic mass is 35.5. The monoisotopic (exact) mass is 445 g/mol. The summed E-state index contributed by atoms with van der Waals surface area (Å²) in [5.41, 5.74) is 9.58. The van der Waals surface area contributed by atoms with Crippen molar-refractivity contribution in [1.82, 2.24) is 4.98 Å². The molecule has 0 aliphatic carbocycles. The fraction of sp³-hybridized carbons (Fsp3) is 0.0417. The molecule has 0 saturated carbocycles. The summed E-state index contributed by atoms with van der Waals surface area (Å²) in [6.45, 7) is 0.467. The fourth-order valence-corrected chi connectivity index (χ4v) is 3.46. The predicted octanol–water partition coefficient (Wildman–Crippen LogP) is 5.35. The minimum atomic E-state index is -0.524. The zero-order valence-electron chi connectivity index (χ0n) is 16.7. The number of rotatable bonds is 6. The average Bonchev–Trinajstić information content (AvgIpc) is 2.80. The van der Waals surface area contributed by atoms with E-state index >= 15 is 0 Å². The summed E-state index contributed by atoms with van der Waals surface area (Å²) in [6.07, 6.45) is 1.48. The van der Waals surface area contributed by atoms with E-state index in [0.717, 1.165) is 11.3 Å². The number of primary amides is 1. The van der Waals surface area contributed by atoms with Crippen LogP contribution in [-0.4, -0.2) is 10.9 Å². The van der Waals surface area contributed by atoms with E-state index in [9.17, 15) is 14.4 Å². The first-order valence-corrected chi connectivity index (χ1v) is 10.00. The number of hydrogen-bond donors (Lipinski definition) is 3. The number of amides is 1. The van der Waals surface area contributed by atoms with Crippen molar-refractivity contribution in [2.45, 2.75) is 6.54 Å². The summed E-state index contributed by atoms with van der Waals surface area (Å²) < 4.78 is 13.5. The van der Waals surface area contributed by atoms with Crippen molar-refractivity contribution < 1.29 is 9.18 Å². The Kier molecular flexibility index (Phi) is 5.88. The van der Waals surface area contributed by atoms with Crippen LogP contribution in [0.1, 0.15) is 21.5 Å². The van der Waals surface area contributed by atoms with Gasteiger partial charge in [-0.25, -0.2) is 4.39 Å². The van der Waals surface area contributed by atoms with Crippen molar-refractivity contribution in [3.63, 3.8) is 0 Å². The zero-order chi connectivity index (χ0) is 22.7. The van der Waals surface area contributed by atoms with Crippen LogP contribution in [0.3, 0.4) is 0 Å². The van der Waals surface area contributed by atoms with E-state index in [2.05, 4.69) is 21.7 Å². The molecule has 0 unspecified atom stereocenters. The normalized spacial score (nSPS) is 10.5. The second-order valence-electron chi connectivity index (χ2n) is 7.06. The number of nitrogens with zero attached hydrogens (tertiary/aromatic N) is 2. The molecular formula is C24H17ClFN5O. The van der Waals surface area contributed by atoms with Gasteiger partial charge in [0.05, 0.1) is 21.8 Å². The van der Waals surface area contributed by atoms with E-state index < -0.39 is 11.7 Å². The molecule has 0 aliphatic heterocycles. The topological polar surface area (TPSA) is 104 Å². The lowest BCUT2D eigenvalue weighted by molar-refractivity contribution is 0.1000. The highest BCUT2D eigenvalue weighted by molar-refractivity contribution is 6.31. The lowest BCUT2D eigenvalue weighted by Gasteiger charge is -2.14. The number of nitrogens with one attached hydrogen (secondary N) is 2. The number of nitrogens with two attached hydrogens (primary N) is 1. The van der Waals surface area contributed by atoms with Crippen LogP contribution in [0.2, 0.25) is 5.02 Å². The molecule has 1 heterocycles. The van der Waals surface area contributed by atoms with Gasteiger partial charge in [0.15, 0.2) is 0 Å². The molecule has 0 fully saturated rings. The van der Waals surface area contributed by atoms with Crippen molar-refractivity contribution in [1.29, 1.82) is 5.26 Å². The summed E-state index contributed by atoms with van der Waals surface area (Å²) >= 11 is 5.90. The van der Waals surface area contributed by atoms with Crippen LogP contribution in [0.4, 0.5) is 21.5 Å². The number of hydrogen-bond acceptors (Lipinski definition) is 5. The highest BCUT2D eigenvalue weighted by Gasteiger charge is 2.11. The Bertz CT molecular complexity index is 1380. The maximum atomic E-state index is 13.5. The van der Waals surface area contributed by atoms with Gasteiger partial charge in [-0.3, -0.25) is 9.78 Å². The summed E-state index contributed by atoms with van der Waals surface area (Å²) in [4.78, 5) is 15.7. The minimum Gasteiger partial charge on any atom is -0.381 e. The molecule has 158 valence electrons. The molecule has 1 aromatic heterocycles. The van der Waals surface area contributed by atoms with Gasteiger partial charge < -0.3 is 16.4 Å². The van der Waals surface area contributed by atoms with Gasteiger partial charge in [0.25, 0.3) is 0 Å². The molecule has 0 radical (unpaired) electrons. The Balaban J connectivity index is 1.67. The van der Waals surface area contributed by atoms with E-state index in [1.165, 1.54) is 18.3 Å². The van der Waals surface area contributed by atoms with E-state index in [-0.39, 0.29) is 5.02 Å². The molecular weight excluding hydrogens is 429 g/mol. The summed E-state index contributed by atoms with van der Waals surface area (Å²) in [7, 11) is 0. The molecule has 4 rings (SSSR count). The molecule has 0 aliphatic rings. The molecule has 1 amide bonds. The van der Waals surface area contributed by atoms with Crippen molar-refractivity contribution in [2.24, 2.45) is 5.73 Å². The number of carbonyl (C=O) groups excluding carboxylic acids is 1. The van der Waals surface area contributed by atoms with Gasteiger partial charge in [-0.2, -0.15) is 5.26 Å². The Morgan fingerprint density at radius 1 is 1.12 bits per heavy atom. The number of halogens is 2. The zero-order valence-corrected chi connectivity index (χ0v) is 17.4. The van der Waals surface area contributed by atoms with Crippen molar-refractivity contribution in [3.8, 4) is 6.07 Å². The Hall–Kier alpha value is -4.15. The lowest BCUT2D eigenvalue weighted by atomic mass is 10.1. The predicted molar refractivity (Wildman–Crippen MR) is 123 cm³/mol. The second-order valence-corrected chi connectivity index (χ2v) is 7.47. The smallest absolute Gasteiger partial charge is 0.248 e. The summed E-state index contributed by atoms with van der Waals surface area (Å²) in [5.74, 6) is -1.01. The number of pyridine rings is 1. The van der Waals surface area contributed by atoms with Crippen LogP contribution in [0, 0.1) is 17.1 Å². The van der Waals surface area contributed by atoms with Crippen LogP contribution in [0.25, 0.3) is 10.9 Å². The average molecular weight is 446 g/mol. The largest absolute Gasteiger partial charge is 0.381 e. The molecule has 0 spiro atoms. The number of carbonyl (C=O) groups is 1. The molecule has 4 aromatic rings. The number of anilines is 3. The maximum absolute atomic E-state index is 13.5. The summed E-state index contributed by atoms with van der Waals surface area (Å²) in [5, 5.41) is 16.7. The van der Waals surface area contributed by atoms with Crippen LogP contribution in [0.5, 0.6) is 0 Å². The van der Waals surface area contributed by atoms with E-state index in [1.807, 2.05) is 24.3 Å². The summed E-state index contributed by atoms with van der Waals surface area (Å²) in [6, 6.07) is 19.0. The van der Waals surface area contributed by atoms with Crippen LogP contribution >= 0.6 is 11.6 Å². The first kappa shape index (κ1) is 21.1. The third-order valence-electron chi connectivity index (χ3n) is 4.89. The van der Waals surface area contributed by atoms with E-state index in [4.69, 9.17) is 17.3 Å². The van der Waals surface area contributed by atoms with Gasteiger partial charge in [-0.05, 0) is 54.1 Å². The quantitative estimate of drug-likeness (QED) is 0.371. The molecule has 0 saturated heterocycles. The molecule has 8 heteroatoms. The van der Waals surface area contributed by atoms with E-state index in [1.54, 1.807) is 24.3 Å². The van der Waals surface area contributed by atoms with Gasteiger partial charge in [0.1, 0.15) is 11.9 Å². The first-order valence-electron chi connectivity index (χ1n) is 9.62. The molecule has 0 atom stereocenters. The molecule has 0 bridgehead atoms. The Morgan fingerprint density at radius 2 is 1.94 bits per heavy atom. The first-order chi connectivity index (χ1) is 15.4. The number of nitriles is 1. The number of benzene rings is 3. The van der Waals surface area contributed by atoms with Crippen LogP contribution < -0.4 is 16.4 Å². The Labute approximate surface area is 188 Å². The fourth-order valence-electron chi connectivity index (χ4n) is 3.28. The van der Waals surface area contributed by atoms with Gasteiger partial charge in [0.2, 0.25) is 5.91 Å². The second kappa shape index (κ2) is 8.92. The number of aromatic nitrogens is 1. The molecule has 3 aromatic carbocycles. The number of fused-ring (bicyclic) bond motifs is 1. The van der Waals surface area contributed by atoms with Gasteiger partial charge in [-0.15, -0.1) is 0 Å². The van der Waals surface area contributed by atoms with Gasteiger partial charge in [0, 0.05) is 35.1 Å². The highest BCUT2D eigenvalue weighted by Crippen LogP contribution is 2.32. The van der Waals surface area contributed by atoms with E-state index in [0.29, 0.717) is 39.9 Å². The molecule has 32 heavy (non-hydrogen) atoms. The Morgan fingerprint density at radius 3 is 2.69 bits per heavy atom. The molecule has 4 N–H and O–H groups in total.